The molecule has 1 amide bonds. The van der Waals surface area contributed by atoms with E-state index in [0.717, 1.165) is 0 Å². The average molecular weight is 202 g/mol. The van der Waals surface area contributed by atoms with Gasteiger partial charge in [-0.2, -0.15) is 0 Å². The lowest BCUT2D eigenvalue weighted by Gasteiger charge is -2.15. The quantitative estimate of drug-likeness (QED) is 0.624. The monoisotopic (exact) mass is 202 g/mol. The Balaban J connectivity index is 3.82. The van der Waals surface area contributed by atoms with Gasteiger partial charge in [0.15, 0.2) is 0 Å². The van der Waals surface area contributed by atoms with E-state index >= 15 is 0 Å². The fraction of sp³-hybridized carbons (Fsp3) is 0.778. The Morgan fingerprint density at radius 2 is 2.07 bits per heavy atom. The van der Waals surface area contributed by atoms with Crippen LogP contribution in [-0.2, 0) is 14.3 Å². The average Bonchev–Trinajstić information content (AvgIpc) is 2.13. The first-order chi connectivity index (χ1) is 6.47. The van der Waals surface area contributed by atoms with Crippen molar-refractivity contribution < 1.29 is 14.3 Å². The maximum atomic E-state index is 11.4. The van der Waals surface area contributed by atoms with Gasteiger partial charge in [-0.25, -0.2) is 0 Å². The van der Waals surface area contributed by atoms with Crippen LogP contribution in [0.4, 0.5) is 0 Å². The molecule has 0 rings (SSSR count). The van der Waals surface area contributed by atoms with Crippen molar-refractivity contribution in [3.63, 3.8) is 0 Å². The first kappa shape index (κ1) is 12.9. The Bertz CT molecular complexity index is 204. The highest BCUT2D eigenvalue weighted by molar-refractivity contribution is 5.81. The molecule has 1 atom stereocenters. The summed E-state index contributed by atoms with van der Waals surface area (Å²) in [7, 11) is 2.86. The second-order valence-corrected chi connectivity index (χ2v) is 3.34. The highest BCUT2D eigenvalue weighted by Gasteiger charge is 2.12. The van der Waals surface area contributed by atoms with Crippen LogP contribution in [0.2, 0.25) is 0 Å². The highest BCUT2D eigenvalue weighted by Crippen LogP contribution is 1.98. The smallest absolute Gasteiger partial charge is 0.325 e. The third kappa shape index (κ3) is 5.53. The molecular weight excluding hydrogens is 184 g/mol. The minimum absolute atomic E-state index is 0.00507. The number of amides is 1. The van der Waals surface area contributed by atoms with E-state index in [4.69, 9.17) is 5.73 Å². The van der Waals surface area contributed by atoms with E-state index in [-0.39, 0.29) is 18.5 Å². The van der Waals surface area contributed by atoms with Crippen molar-refractivity contribution in [2.45, 2.75) is 25.8 Å². The summed E-state index contributed by atoms with van der Waals surface area (Å²) >= 11 is 0. The molecule has 0 aromatic carbocycles. The Morgan fingerprint density at radius 3 is 2.50 bits per heavy atom. The van der Waals surface area contributed by atoms with Gasteiger partial charge in [0.25, 0.3) is 0 Å². The minimum Gasteiger partial charge on any atom is -0.468 e. The summed E-state index contributed by atoms with van der Waals surface area (Å²) in [5, 5.41) is 0. The molecule has 0 fully saturated rings. The van der Waals surface area contributed by atoms with E-state index in [1.54, 1.807) is 7.05 Å². The van der Waals surface area contributed by atoms with Crippen molar-refractivity contribution in [2.24, 2.45) is 5.73 Å². The molecule has 5 nitrogen and oxygen atoms in total. The molecular formula is C9H18N2O3. The Morgan fingerprint density at radius 1 is 1.50 bits per heavy atom. The number of esters is 1. The Kier molecular flexibility index (Phi) is 5.87. The zero-order chi connectivity index (χ0) is 11.1. The highest BCUT2D eigenvalue weighted by atomic mass is 16.5. The molecule has 0 spiro atoms. The molecule has 0 saturated heterocycles. The standard InChI is InChI=1S/C9H18N2O3/c1-7(10)4-5-8(12)11(2)6-9(13)14-3/h7H,4-6,10H2,1-3H3. The molecule has 5 heteroatoms. The molecule has 0 aliphatic rings. The summed E-state index contributed by atoms with van der Waals surface area (Å²) in [4.78, 5) is 23.5. The second kappa shape index (κ2) is 6.37. The predicted molar refractivity (Wildman–Crippen MR) is 52.5 cm³/mol. The van der Waals surface area contributed by atoms with Crippen LogP contribution in [0.3, 0.4) is 0 Å². The molecule has 0 heterocycles. The van der Waals surface area contributed by atoms with E-state index in [0.29, 0.717) is 12.8 Å². The summed E-state index contributed by atoms with van der Waals surface area (Å²) in [5.41, 5.74) is 5.51. The maximum absolute atomic E-state index is 11.4. The number of methoxy groups -OCH3 is 1. The fourth-order valence-corrected chi connectivity index (χ4v) is 0.888. The molecule has 0 saturated carbocycles. The second-order valence-electron chi connectivity index (χ2n) is 3.34. The molecule has 0 radical (unpaired) electrons. The van der Waals surface area contributed by atoms with Crippen LogP contribution in [0, 0.1) is 0 Å². The third-order valence-corrected chi connectivity index (χ3v) is 1.83. The molecule has 1 unspecified atom stereocenters. The van der Waals surface area contributed by atoms with Gasteiger partial charge in [0.2, 0.25) is 5.91 Å². The fourth-order valence-electron chi connectivity index (χ4n) is 0.888. The number of carbonyl (C=O) groups excluding carboxylic acids is 2. The maximum Gasteiger partial charge on any atom is 0.325 e. The number of rotatable bonds is 5. The van der Waals surface area contributed by atoms with E-state index in [9.17, 15) is 9.59 Å². The minimum atomic E-state index is -0.415. The molecule has 0 bridgehead atoms. The van der Waals surface area contributed by atoms with Gasteiger partial charge in [-0.1, -0.05) is 0 Å². The van der Waals surface area contributed by atoms with Gasteiger partial charge in [-0.05, 0) is 13.3 Å². The summed E-state index contributed by atoms with van der Waals surface area (Å²) in [6.45, 7) is 1.84. The van der Waals surface area contributed by atoms with Gasteiger partial charge >= 0.3 is 5.97 Å². The predicted octanol–water partition coefficient (Wildman–Crippen LogP) is -0.255. The van der Waals surface area contributed by atoms with Crippen LogP contribution in [0.15, 0.2) is 0 Å². The molecule has 82 valence electrons. The van der Waals surface area contributed by atoms with E-state index in [1.807, 2.05) is 6.92 Å². The number of ether oxygens (including phenoxy) is 1. The van der Waals surface area contributed by atoms with Gasteiger partial charge in [0.05, 0.1) is 7.11 Å². The van der Waals surface area contributed by atoms with Crippen molar-refractivity contribution >= 4 is 11.9 Å². The van der Waals surface area contributed by atoms with Crippen molar-refractivity contribution in [2.75, 3.05) is 20.7 Å². The lowest BCUT2D eigenvalue weighted by atomic mass is 10.2. The molecule has 0 aromatic rings. The first-order valence-electron chi connectivity index (χ1n) is 4.53. The molecule has 0 aliphatic heterocycles. The van der Waals surface area contributed by atoms with Crippen molar-refractivity contribution in [1.82, 2.24) is 4.90 Å². The number of carbonyl (C=O) groups is 2. The summed E-state index contributed by atoms with van der Waals surface area (Å²) in [5.74, 6) is -0.505. The number of likely N-dealkylation sites (N-methyl/N-ethyl adjacent to an activating group) is 1. The SMILES string of the molecule is COC(=O)CN(C)C(=O)CCC(C)N. The molecule has 14 heavy (non-hydrogen) atoms. The van der Waals surface area contributed by atoms with E-state index < -0.39 is 5.97 Å². The van der Waals surface area contributed by atoms with Crippen molar-refractivity contribution in [1.29, 1.82) is 0 Å². The number of hydrogen-bond acceptors (Lipinski definition) is 4. The lowest BCUT2D eigenvalue weighted by molar-refractivity contribution is -0.146. The summed E-state index contributed by atoms with van der Waals surface area (Å²) in [6, 6.07) is 0.00507. The Labute approximate surface area is 84.2 Å². The van der Waals surface area contributed by atoms with Crippen LogP contribution >= 0.6 is 0 Å². The summed E-state index contributed by atoms with van der Waals surface area (Å²) in [6.07, 6.45) is 0.996. The van der Waals surface area contributed by atoms with Crippen LogP contribution in [0.25, 0.3) is 0 Å². The van der Waals surface area contributed by atoms with Gasteiger partial charge in [-0.3, -0.25) is 9.59 Å². The summed E-state index contributed by atoms with van der Waals surface area (Å²) < 4.78 is 4.44. The number of nitrogens with two attached hydrogens (primary N) is 1. The topological polar surface area (TPSA) is 72.6 Å². The molecule has 2 N–H and O–H groups in total. The van der Waals surface area contributed by atoms with Gasteiger partial charge in [-0.15, -0.1) is 0 Å². The van der Waals surface area contributed by atoms with Gasteiger partial charge < -0.3 is 15.4 Å². The number of nitrogens with zero attached hydrogens (tertiary/aromatic N) is 1. The molecule has 0 aromatic heterocycles. The van der Waals surface area contributed by atoms with Crippen LogP contribution in [0.5, 0.6) is 0 Å². The van der Waals surface area contributed by atoms with Crippen LogP contribution in [-0.4, -0.2) is 43.5 Å². The van der Waals surface area contributed by atoms with E-state index in [1.165, 1.54) is 12.0 Å². The van der Waals surface area contributed by atoms with E-state index in [2.05, 4.69) is 4.74 Å². The normalized spacial score (nSPS) is 12.0. The third-order valence-electron chi connectivity index (χ3n) is 1.83. The Hall–Kier alpha value is -1.10. The zero-order valence-electron chi connectivity index (χ0n) is 8.95. The van der Waals surface area contributed by atoms with Gasteiger partial charge in [0.1, 0.15) is 6.54 Å². The van der Waals surface area contributed by atoms with Gasteiger partial charge in [0, 0.05) is 19.5 Å². The van der Waals surface area contributed by atoms with Crippen molar-refractivity contribution in [3.05, 3.63) is 0 Å². The van der Waals surface area contributed by atoms with Crippen LogP contribution < -0.4 is 5.73 Å². The number of hydrogen-bond donors (Lipinski definition) is 1. The van der Waals surface area contributed by atoms with Crippen molar-refractivity contribution in [3.8, 4) is 0 Å². The largest absolute Gasteiger partial charge is 0.468 e. The first-order valence-corrected chi connectivity index (χ1v) is 4.53. The van der Waals surface area contributed by atoms with Crippen LogP contribution in [0.1, 0.15) is 19.8 Å². The molecule has 0 aliphatic carbocycles. The zero-order valence-corrected chi connectivity index (χ0v) is 8.95. The lowest BCUT2D eigenvalue weighted by Crippen LogP contribution is -2.33.